The number of carbonyl (C=O) groups is 1. The van der Waals surface area contributed by atoms with E-state index in [4.69, 9.17) is 54.2 Å². The van der Waals surface area contributed by atoms with Gasteiger partial charge in [-0.25, -0.2) is 43.2 Å². The molecule has 16 N–H and O–H groups in total. The summed E-state index contributed by atoms with van der Waals surface area (Å²) < 4.78 is 108. The van der Waals surface area contributed by atoms with Crippen molar-refractivity contribution >= 4 is 88.9 Å². The first-order valence-electron chi connectivity index (χ1n) is 21.7. The number of aliphatic hydroxyl groups is 3. The number of nitrogens with one attached hydrogen (secondary N) is 3. The maximum absolute atomic E-state index is 13.7. The van der Waals surface area contributed by atoms with Crippen molar-refractivity contribution in [3.63, 3.8) is 0 Å². The van der Waals surface area contributed by atoms with Crippen molar-refractivity contribution in [2.75, 3.05) is 50.7 Å². The molecule has 3 saturated heterocycles. The molecular formula is C33H44N16O24P4. The van der Waals surface area contributed by atoms with E-state index in [0.29, 0.717) is 0 Å². The number of hydrogen-bond donors (Lipinski definition) is 13. The van der Waals surface area contributed by atoms with Crippen molar-refractivity contribution < 1.29 is 104 Å². The molecule has 0 radical (unpaired) electrons. The van der Waals surface area contributed by atoms with Gasteiger partial charge in [0.2, 0.25) is 18.3 Å². The van der Waals surface area contributed by atoms with Crippen LogP contribution >= 0.6 is 31.3 Å². The van der Waals surface area contributed by atoms with Gasteiger partial charge in [0.05, 0.1) is 44.9 Å². The highest BCUT2D eigenvalue weighted by atomic mass is 31.3. The van der Waals surface area contributed by atoms with Gasteiger partial charge >= 0.3 is 31.3 Å². The van der Waals surface area contributed by atoms with Gasteiger partial charge < -0.3 is 76.4 Å². The number of H-pyrrole nitrogens is 2. The van der Waals surface area contributed by atoms with Crippen LogP contribution in [0.2, 0.25) is 0 Å². The summed E-state index contributed by atoms with van der Waals surface area (Å²) in [6.45, 7) is -3.66. The van der Waals surface area contributed by atoms with E-state index in [1.54, 1.807) is 0 Å². The zero-order valence-electron chi connectivity index (χ0n) is 38.7. The van der Waals surface area contributed by atoms with Crippen molar-refractivity contribution in [3.05, 3.63) is 46.0 Å². The van der Waals surface area contributed by atoms with Crippen molar-refractivity contribution in [3.8, 4) is 0 Å². The van der Waals surface area contributed by atoms with Gasteiger partial charge in [0, 0.05) is 19.6 Å². The average Bonchev–Trinajstić information content (AvgIpc) is 4.25. The number of imidazole rings is 3. The fourth-order valence-corrected chi connectivity index (χ4v) is 13.0. The molecule has 1 amide bonds. The van der Waals surface area contributed by atoms with Gasteiger partial charge in [-0.2, -0.15) is 18.6 Å². The molecule has 9 rings (SSSR count). The maximum Gasteiger partial charge on any atom is 0.490 e. The number of phosphoric ester groups is 3. The van der Waals surface area contributed by atoms with E-state index in [2.05, 4.69) is 58.8 Å². The van der Waals surface area contributed by atoms with Gasteiger partial charge in [-0.15, -0.1) is 0 Å². The highest BCUT2D eigenvalue weighted by molar-refractivity contribution is 7.66. The number of rotatable bonds is 22. The molecule has 0 saturated carbocycles. The van der Waals surface area contributed by atoms with E-state index in [1.165, 1.54) is 4.57 Å². The molecule has 44 heteroatoms. The molecule has 0 aromatic carbocycles. The zero-order chi connectivity index (χ0) is 55.5. The molecule has 3 aliphatic rings. The summed E-state index contributed by atoms with van der Waals surface area (Å²) in [5.41, 5.74) is 15.1. The van der Waals surface area contributed by atoms with E-state index in [-0.39, 0.29) is 64.2 Å². The molecule has 6 aromatic rings. The number of nitrogen functional groups attached to an aromatic ring is 3. The van der Waals surface area contributed by atoms with E-state index < -0.39 is 136 Å². The highest BCUT2D eigenvalue weighted by Crippen LogP contribution is 2.68. The third-order valence-electron chi connectivity index (χ3n) is 11.8. The second-order valence-corrected chi connectivity index (χ2v) is 22.7. The fraction of sp³-hybridized carbons (Fsp3) is 0.515. The highest BCUT2D eigenvalue weighted by Gasteiger charge is 2.53. The first kappa shape index (κ1) is 56.1. The number of anilines is 3. The van der Waals surface area contributed by atoms with Crippen molar-refractivity contribution in [1.29, 1.82) is 0 Å². The molecule has 16 atom stereocenters. The number of nitrogens with zero attached hydrogens (tertiary/aromatic N) is 10. The standard InChI is InChI=1S/C33H44N16O24P4/c1-64-22-21(71-74(56,57)65-4-13-19(52)20(53)30(69-13)49-9-42-17-26(49)44-33(36)46-28(17)55)14(70-31(22)47-7-40-15-23(34)38-6-39-24(15)47)5-67-76(60,61)73-77(62,63)72-75(58,59)66-3-12-11(2-37-10-50)18(51)29(68-12)48-8-41-16-25(48)43-32(35)45-27(16)54/h6-14,18-22,29-31,51-53H,2-5H2,1H3,(H,37,50)(H,56,57)(H,58,59)(H,60,61)(H,62,63)(H2,34,38,39)(H3,35,43,45,54)(H3,36,44,46,55)/t11-,12-,13-,14-,18-,19-,20-,21-,22-,29-,30-,31-/m1/s1. The molecule has 9 heterocycles. The van der Waals surface area contributed by atoms with Crippen molar-refractivity contribution in [2.24, 2.45) is 5.92 Å². The van der Waals surface area contributed by atoms with Crippen LogP contribution in [0.3, 0.4) is 0 Å². The minimum absolute atomic E-state index is 0.00305. The van der Waals surface area contributed by atoms with Crippen LogP contribution in [-0.2, 0) is 68.7 Å². The third-order valence-corrected chi connectivity index (χ3v) is 17.1. The summed E-state index contributed by atoms with van der Waals surface area (Å²) in [5, 5.41) is 35.2. The number of hydrogen-bond acceptors (Lipinski definition) is 30. The predicted molar refractivity (Wildman–Crippen MR) is 247 cm³/mol. The van der Waals surface area contributed by atoms with E-state index in [1.807, 2.05) is 0 Å². The monoisotopic (exact) mass is 1170 g/mol. The summed E-state index contributed by atoms with van der Waals surface area (Å²) in [4.78, 5) is 111. The number of ether oxygens (including phenoxy) is 4. The lowest BCUT2D eigenvalue weighted by Gasteiger charge is -2.26. The number of aliphatic hydroxyl groups excluding tert-OH is 3. The van der Waals surface area contributed by atoms with Crippen molar-refractivity contribution in [1.82, 2.24) is 63.9 Å². The maximum atomic E-state index is 13.7. The molecule has 3 aliphatic heterocycles. The van der Waals surface area contributed by atoms with Gasteiger partial charge in [-0.1, -0.05) is 0 Å². The largest absolute Gasteiger partial charge is 0.490 e. The lowest BCUT2D eigenvalue weighted by atomic mass is 9.98. The van der Waals surface area contributed by atoms with Gasteiger partial charge in [0.25, 0.3) is 11.1 Å². The normalized spacial score (nSPS) is 29.9. The molecule has 0 bridgehead atoms. The van der Waals surface area contributed by atoms with Gasteiger partial charge in [0.1, 0.15) is 54.6 Å². The molecule has 420 valence electrons. The Morgan fingerprint density at radius 1 is 0.636 bits per heavy atom. The summed E-state index contributed by atoms with van der Waals surface area (Å²) in [6, 6.07) is 0. The minimum Gasteiger partial charge on any atom is -0.388 e. The Bertz CT molecular complexity index is 3510. The second kappa shape index (κ2) is 21.5. The number of nitrogens with two attached hydrogens (primary N) is 3. The van der Waals surface area contributed by atoms with E-state index in [0.717, 1.165) is 41.6 Å². The molecule has 6 aromatic heterocycles. The molecule has 40 nitrogen and oxygen atoms in total. The topological polar surface area (TPSA) is 580 Å². The Morgan fingerprint density at radius 2 is 1.13 bits per heavy atom. The molecular weight excluding hydrogens is 1130 g/mol. The van der Waals surface area contributed by atoms with Crippen LogP contribution in [0.15, 0.2) is 34.9 Å². The lowest BCUT2D eigenvalue weighted by molar-refractivity contribution is -0.109. The summed E-state index contributed by atoms with van der Waals surface area (Å²) in [7, 11) is -22.4. The Hall–Kier alpha value is -5.64. The van der Waals surface area contributed by atoms with Crippen LogP contribution in [0.5, 0.6) is 0 Å². The first-order chi connectivity index (χ1) is 36.3. The molecule has 4 unspecified atom stereocenters. The smallest absolute Gasteiger partial charge is 0.388 e. The second-order valence-electron chi connectivity index (χ2n) is 16.7. The Labute approximate surface area is 425 Å². The van der Waals surface area contributed by atoms with Crippen LogP contribution in [0.1, 0.15) is 18.7 Å². The number of carbonyl (C=O) groups excluding carboxylic acids is 1. The number of aromatic amines is 2. The Balaban J connectivity index is 0.869. The van der Waals surface area contributed by atoms with Crippen LogP contribution in [0, 0.1) is 5.92 Å². The summed E-state index contributed by atoms with van der Waals surface area (Å²) in [5.74, 6) is -1.91. The third kappa shape index (κ3) is 11.6. The number of fused-ring (bicyclic) bond motifs is 3. The Kier molecular flexibility index (Phi) is 15.7. The van der Waals surface area contributed by atoms with Crippen LogP contribution in [0.4, 0.5) is 17.7 Å². The number of phosphoric acid groups is 4. The van der Waals surface area contributed by atoms with Crippen LogP contribution in [-0.4, -0.2) is 182 Å². The average molecular weight is 1170 g/mol. The Morgan fingerprint density at radius 3 is 1.70 bits per heavy atom. The van der Waals surface area contributed by atoms with Gasteiger partial charge in [-0.3, -0.25) is 56.1 Å². The number of aromatic nitrogens is 12. The fourth-order valence-electron chi connectivity index (χ4n) is 8.49. The quantitative estimate of drug-likeness (QED) is 0.0227. The number of methoxy groups -OCH3 is 1. The van der Waals surface area contributed by atoms with Crippen LogP contribution in [0.25, 0.3) is 33.5 Å². The predicted octanol–water partition coefficient (Wildman–Crippen LogP) is -4.14. The molecule has 0 aliphatic carbocycles. The molecule has 77 heavy (non-hydrogen) atoms. The summed E-state index contributed by atoms with van der Waals surface area (Å²) in [6.07, 6.45) is -13.4. The van der Waals surface area contributed by atoms with E-state index in [9.17, 15) is 67.5 Å². The minimum atomic E-state index is -6.22. The summed E-state index contributed by atoms with van der Waals surface area (Å²) >= 11 is 0. The number of amides is 1. The lowest BCUT2D eigenvalue weighted by Crippen LogP contribution is -2.38. The van der Waals surface area contributed by atoms with Gasteiger partial charge in [0.15, 0.2) is 52.5 Å². The van der Waals surface area contributed by atoms with Crippen LogP contribution < -0.4 is 33.6 Å². The molecule has 0 spiro atoms. The first-order valence-corrected chi connectivity index (χ1v) is 27.7. The SMILES string of the molecule is CO[C@@H]1[C@H](OP(=O)(O)OC[C@H]2O[C@@H](n3cnc4c(=O)[nH]c(N)nc43)[C@H](O)[C@@H]2O)[C@@H](COP(=O)(O)OP(=O)(O)OP(=O)(O)OC[C@H]2O[C@@H](n3cnc4c(=O)[nH]c(N)nc43)[C@H](O)[C@@H]2CNC=O)O[C@H]1n1cnc2c(N)ncnc21. The van der Waals surface area contributed by atoms with Crippen molar-refractivity contribution in [2.45, 2.75) is 67.5 Å². The molecule has 3 fully saturated rings. The van der Waals surface area contributed by atoms with Gasteiger partial charge in [-0.05, 0) is 0 Å². The zero-order valence-corrected chi connectivity index (χ0v) is 42.3. The van der Waals surface area contributed by atoms with E-state index >= 15 is 0 Å².